The van der Waals surface area contributed by atoms with Crippen LogP contribution < -0.4 is 0 Å². The highest BCUT2D eigenvalue weighted by Gasteiger charge is 2.35. The van der Waals surface area contributed by atoms with Gasteiger partial charge < -0.3 is 0 Å². The van der Waals surface area contributed by atoms with Crippen molar-refractivity contribution in [2.45, 2.75) is 32.6 Å². The Kier molecular flexibility index (Phi) is 1.71. The lowest BCUT2D eigenvalue weighted by Gasteiger charge is -2.40. The molecule has 0 heteroatoms. The molecular formula is C12H16. The van der Waals surface area contributed by atoms with E-state index in [2.05, 4.69) is 45.0 Å². The van der Waals surface area contributed by atoms with Crippen molar-refractivity contribution in [1.29, 1.82) is 0 Å². The fourth-order valence-electron chi connectivity index (χ4n) is 2.53. The summed E-state index contributed by atoms with van der Waals surface area (Å²) in [5, 5.41) is 0. The van der Waals surface area contributed by atoms with Crippen LogP contribution in [-0.2, 0) is 0 Å². The first-order chi connectivity index (χ1) is 5.72. The molecule has 2 rings (SSSR count). The Hall–Kier alpha value is -0.780. The zero-order valence-corrected chi connectivity index (χ0v) is 8.04. The van der Waals surface area contributed by atoms with Crippen LogP contribution >= 0.6 is 0 Å². The van der Waals surface area contributed by atoms with Gasteiger partial charge in [-0.15, -0.1) is 0 Å². The number of hydrogen-bond acceptors (Lipinski definition) is 0. The molecule has 0 heterocycles. The minimum absolute atomic E-state index is 0.779. The fourth-order valence-corrected chi connectivity index (χ4v) is 2.53. The lowest BCUT2D eigenvalue weighted by Crippen LogP contribution is -2.25. The van der Waals surface area contributed by atoms with Gasteiger partial charge in [0.2, 0.25) is 0 Å². The normalized spacial score (nSPS) is 26.7. The number of hydrogen-bond donors (Lipinski definition) is 0. The Morgan fingerprint density at radius 1 is 1.08 bits per heavy atom. The van der Waals surface area contributed by atoms with Crippen molar-refractivity contribution in [3.05, 3.63) is 35.4 Å². The Morgan fingerprint density at radius 3 is 2.25 bits per heavy atom. The Labute approximate surface area is 74.6 Å². The summed E-state index contributed by atoms with van der Waals surface area (Å²) in [4.78, 5) is 0. The average Bonchev–Trinajstić information content (AvgIpc) is 2.03. The molecule has 0 radical (unpaired) electrons. The number of benzene rings is 1. The third-order valence-corrected chi connectivity index (χ3v) is 3.10. The monoisotopic (exact) mass is 160 g/mol. The van der Waals surface area contributed by atoms with Crippen molar-refractivity contribution in [2.75, 3.05) is 0 Å². The highest BCUT2D eigenvalue weighted by atomic mass is 14.4. The van der Waals surface area contributed by atoms with Gasteiger partial charge in [0.05, 0.1) is 0 Å². The second-order valence-corrected chi connectivity index (χ2v) is 4.19. The third-order valence-electron chi connectivity index (χ3n) is 3.10. The lowest BCUT2D eigenvalue weighted by atomic mass is 9.64. The van der Waals surface area contributed by atoms with Gasteiger partial charge in [0.1, 0.15) is 0 Å². The van der Waals surface area contributed by atoms with Crippen molar-refractivity contribution in [1.82, 2.24) is 0 Å². The van der Waals surface area contributed by atoms with Crippen molar-refractivity contribution >= 4 is 0 Å². The topological polar surface area (TPSA) is 0 Å². The van der Waals surface area contributed by atoms with Crippen LogP contribution in [0.2, 0.25) is 0 Å². The first-order valence-electron chi connectivity index (χ1n) is 4.80. The highest BCUT2D eigenvalue weighted by Crippen LogP contribution is 2.49. The SMILES string of the molecule is CC(C)C1c2ccccc2C1C. The number of fused-ring (bicyclic) bond motifs is 1. The lowest BCUT2D eigenvalue weighted by molar-refractivity contribution is 0.387. The van der Waals surface area contributed by atoms with E-state index in [1.54, 1.807) is 11.1 Å². The van der Waals surface area contributed by atoms with Gasteiger partial charge >= 0.3 is 0 Å². The molecule has 2 unspecified atom stereocenters. The summed E-state index contributed by atoms with van der Waals surface area (Å²) in [6.07, 6.45) is 0. The summed E-state index contributed by atoms with van der Waals surface area (Å²) in [6.45, 7) is 6.97. The minimum atomic E-state index is 0.779. The molecule has 0 aromatic heterocycles. The molecular weight excluding hydrogens is 144 g/mol. The molecule has 0 bridgehead atoms. The molecule has 0 aliphatic heterocycles. The van der Waals surface area contributed by atoms with Crippen molar-refractivity contribution in [3.63, 3.8) is 0 Å². The van der Waals surface area contributed by atoms with Gasteiger partial charge in [-0.2, -0.15) is 0 Å². The van der Waals surface area contributed by atoms with Crippen molar-refractivity contribution in [3.8, 4) is 0 Å². The van der Waals surface area contributed by atoms with E-state index < -0.39 is 0 Å². The van der Waals surface area contributed by atoms with E-state index in [1.807, 2.05) is 0 Å². The second-order valence-electron chi connectivity index (χ2n) is 4.19. The summed E-state index contributed by atoms with van der Waals surface area (Å²) in [7, 11) is 0. The standard InChI is InChI=1S/C12H16/c1-8(2)12-9(3)10-6-4-5-7-11(10)12/h4-9,12H,1-3H3. The molecule has 12 heavy (non-hydrogen) atoms. The summed E-state index contributed by atoms with van der Waals surface area (Å²) in [6, 6.07) is 8.84. The summed E-state index contributed by atoms with van der Waals surface area (Å²) in [5.41, 5.74) is 3.15. The van der Waals surface area contributed by atoms with Gasteiger partial charge in [0, 0.05) is 0 Å². The molecule has 64 valence electrons. The highest BCUT2D eigenvalue weighted by molar-refractivity contribution is 5.44. The largest absolute Gasteiger partial charge is 0.0622 e. The van der Waals surface area contributed by atoms with E-state index in [0.29, 0.717) is 0 Å². The molecule has 1 aliphatic rings. The summed E-state index contributed by atoms with van der Waals surface area (Å²) < 4.78 is 0. The van der Waals surface area contributed by atoms with Crippen molar-refractivity contribution in [2.24, 2.45) is 5.92 Å². The van der Waals surface area contributed by atoms with Gasteiger partial charge in [-0.25, -0.2) is 0 Å². The fraction of sp³-hybridized carbons (Fsp3) is 0.500. The molecule has 0 N–H and O–H groups in total. The van der Waals surface area contributed by atoms with Gasteiger partial charge in [-0.1, -0.05) is 45.0 Å². The van der Waals surface area contributed by atoms with E-state index in [0.717, 1.165) is 17.8 Å². The zero-order valence-electron chi connectivity index (χ0n) is 8.04. The Balaban J connectivity index is 2.37. The molecule has 0 amide bonds. The Bertz CT molecular complexity index is 286. The predicted molar refractivity (Wildman–Crippen MR) is 52.4 cm³/mol. The summed E-state index contributed by atoms with van der Waals surface area (Å²) >= 11 is 0. The van der Waals surface area contributed by atoms with Crippen LogP contribution in [-0.4, -0.2) is 0 Å². The molecule has 0 fully saturated rings. The Morgan fingerprint density at radius 2 is 1.67 bits per heavy atom. The summed E-state index contributed by atoms with van der Waals surface area (Å²) in [5.74, 6) is 2.37. The van der Waals surface area contributed by atoms with Crippen LogP contribution in [0.5, 0.6) is 0 Å². The van der Waals surface area contributed by atoms with E-state index in [4.69, 9.17) is 0 Å². The second kappa shape index (κ2) is 2.62. The van der Waals surface area contributed by atoms with Crippen LogP contribution in [0, 0.1) is 5.92 Å². The van der Waals surface area contributed by atoms with Gasteiger partial charge in [0.15, 0.2) is 0 Å². The predicted octanol–water partition coefficient (Wildman–Crippen LogP) is 3.54. The average molecular weight is 160 g/mol. The van der Waals surface area contributed by atoms with E-state index in [1.165, 1.54) is 0 Å². The van der Waals surface area contributed by atoms with E-state index >= 15 is 0 Å². The molecule has 1 aromatic rings. The molecule has 0 saturated heterocycles. The van der Waals surface area contributed by atoms with Gasteiger partial charge in [0.25, 0.3) is 0 Å². The van der Waals surface area contributed by atoms with Crippen molar-refractivity contribution < 1.29 is 0 Å². The van der Waals surface area contributed by atoms with Crippen LogP contribution in [0.3, 0.4) is 0 Å². The maximum absolute atomic E-state index is 2.34. The third kappa shape index (κ3) is 0.906. The zero-order chi connectivity index (χ0) is 8.72. The van der Waals surface area contributed by atoms with Crippen LogP contribution in [0.15, 0.2) is 24.3 Å². The van der Waals surface area contributed by atoms with Gasteiger partial charge in [-0.05, 0) is 28.9 Å². The molecule has 1 aromatic carbocycles. The molecule has 0 nitrogen and oxygen atoms in total. The van der Waals surface area contributed by atoms with Gasteiger partial charge in [-0.3, -0.25) is 0 Å². The number of rotatable bonds is 1. The maximum atomic E-state index is 2.34. The molecule has 0 spiro atoms. The van der Waals surface area contributed by atoms with Crippen LogP contribution in [0.1, 0.15) is 43.7 Å². The van der Waals surface area contributed by atoms with Crippen LogP contribution in [0.25, 0.3) is 0 Å². The maximum Gasteiger partial charge on any atom is -0.00697 e. The molecule has 1 aliphatic carbocycles. The minimum Gasteiger partial charge on any atom is -0.0622 e. The first-order valence-corrected chi connectivity index (χ1v) is 4.80. The quantitative estimate of drug-likeness (QED) is 0.589. The first kappa shape index (κ1) is 7.85. The molecule has 0 saturated carbocycles. The molecule has 2 atom stereocenters. The van der Waals surface area contributed by atoms with Crippen LogP contribution in [0.4, 0.5) is 0 Å². The van der Waals surface area contributed by atoms with E-state index in [9.17, 15) is 0 Å². The smallest absolute Gasteiger partial charge is 0.00697 e. The van der Waals surface area contributed by atoms with E-state index in [-0.39, 0.29) is 0 Å².